The zero-order valence-corrected chi connectivity index (χ0v) is 5.13. The van der Waals surface area contributed by atoms with Gasteiger partial charge in [-0.05, 0) is 12.1 Å². The lowest BCUT2D eigenvalue weighted by atomic mass is 10.7. The number of hydrogen-bond acceptors (Lipinski definition) is 1. The monoisotopic (exact) mass is 111 g/mol. The second kappa shape index (κ2) is 1.90. The van der Waals surface area contributed by atoms with Crippen molar-refractivity contribution in [3.05, 3.63) is 24.5 Å². The fraction of sp³-hybridized carbons (Fsp3) is 0.333. The first-order valence-corrected chi connectivity index (χ1v) is 2.53. The highest BCUT2D eigenvalue weighted by molar-refractivity contribution is 4.93. The van der Waals surface area contributed by atoms with Crippen molar-refractivity contribution in [1.29, 1.82) is 0 Å². The zero-order chi connectivity index (χ0) is 6.85. The minimum Gasteiger partial charge on any atom is -0.319 e. The Kier molecular flexibility index (Phi) is 0.954. The van der Waals surface area contributed by atoms with Crippen molar-refractivity contribution in [3.63, 3.8) is 0 Å². The molecule has 1 aromatic rings. The van der Waals surface area contributed by atoms with Gasteiger partial charge in [-0.25, -0.2) is 0 Å². The molecule has 2 heteroatoms. The van der Waals surface area contributed by atoms with Gasteiger partial charge in [-0.2, -0.15) is 0 Å². The Morgan fingerprint density at radius 1 is 1.50 bits per heavy atom. The molecule has 2 nitrogen and oxygen atoms in total. The van der Waals surface area contributed by atoms with Gasteiger partial charge in [0, 0.05) is 26.5 Å². The summed E-state index contributed by atoms with van der Waals surface area (Å²) in [6.45, 7) is 0. The molecule has 1 aromatic heterocycles. The Bertz CT molecular complexity index is 193. The Balaban J connectivity index is 2.94. The largest absolute Gasteiger partial charge is 0.319 e. The van der Waals surface area contributed by atoms with Gasteiger partial charge >= 0.3 is 0 Å². The molecule has 0 radical (unpaired) electrons. The number of aromatic nitrogens is 1. The molecule has 44 valence electrons. The fourth-order valence-electron chi connectivity index (χ4n) is 0.536. The second-order valence-electron chi connectivity index (χ2n) is 1.83. The molecule has 0 aliphatic rings. The summed E-state index contributed by atoms with van der Waals surface area (Å²) in [4.78, 5) is 0. The van der Waals surface area contributed by atoms with Crippen LogP contribution in [0.3, 0.4) is 0 Å². The van der Waals surface area contributed by atoms with Crippen LogP contribution in [0, 0.1) is 0 Å². The molecule has 0 unspecified atom stereocenters. The summed E-state index contributed by atoms with van der Waals surface area (Å²) in [5, 5.41) is 1.85. The van der Waals surface area contributed by atoms with Crippen LogP contribution in [0.5, 0.6) is 0 Å². The van der Waals surface area contributed by atoms with Gasteiger partial charge in [-0.1, -0.05) is 0 Å². The molecule has 1 heterocycles. The summed E-state index contributed by atoms with van der Waals surface area (Å²) >= 11 is 0. The molecule has 0 spiro atoms. The van der Waals surface area contributed by atoms with Crippen LogP contribution in [0.15, 0.2) is 24.5 Å². The normalized spacial score (nSPS) is 11.0. The van der Waals surface area contributed by atoms with E-state index >= 15 is 0 Å². The van der Waals surface area contributed by atoms with Crippen molar-refractivity contribution in [2.75, 3.05) is 19.1 Å². The standard InChI is InChI=1S/C6H10N2/c1-7(2)8-5-3-4-6-8/h3-6H,1-2H3/i5D. The second-order valence-corrected chi connectivity index (χ2v) is 1.83. The molecule has 1 rings (SSSR count). The van der Waals surface area contributed by atoms with Crippen LogP contribution in [-0.4, -0.2) is 18.8 Å². The van der Waals surface area contributed by atoms with E-state index in [-0.39, 0.29) is 0 Å². The SMILES string of the molecule is [2H]c1cccn1N(C)C. The molecular weight excluding hydrogens is 100 g/mol. The topological polar surface area (TPSA) is 8.17 Å². The lowest BCUT2D eigenvalue weighted by Gasteiger charge is -2.12. The maximum Gasteiger partial charge on any atom is 0.0839 e. The van der Waals surface area contributed by atoms with Crippen LogP contribution in [0.4, 0.5) is 0 Å². The van der Waals surface area contributed by atoms with Gasteiger partial charge < -0.3 is 5.01 Å². The maximum absolute atomic E-state index is 7.30. The minimum absolute atomic E-state index is 0.514. The molecule has 0 saturated heterocycles. The Labute approximate surface area is 50.7 Å². The average Bonchev–Trinajstić information content (AvgIpc) is 2.13. The molecule has 0 fully saturated rings. The van der Waals surface area contributed by atoms with Gasteiger partial charge in [0.15, 0.2) is 0 Å². The van der Waals surface area contributed by atoms with Crippen LogP contribution >= 0.6 is 0 Å². The van der Waals surface area contributed by atoms with E-state index in [2.05, 4.69) is 0 Å². The highest BCUT2D eigenvalue weighted by Crippen LogP contribution is 1.86. The van der Waals surface area contributed by atoms with Crippen LogP contribution in [-0.2, 0) is 0 Å². The summed E-state index contributed by atoms with van der Waals surface area (Å²) in [7, 11) is 3.80. The van der Waals surface area contributed by atoms with Crippen molar-refractivity contribution in [1.82, 2.24) is 4.68 Å². The lowest BCUT2D eigenvalue weighted by molar-refractivity contribution is 0.737. The highest BCUT2D eigenvalue weighted by atomic mass is 15.5. The van der Waals surface area contributed by atoms with Gasteiger partial charge in [0.1, 0.15) is 0 Å². The minimum atomic E-state index is 0.514. The summed E-state index contributed by atoms with van der Waals surface area (Å²) in [6, 6.07) is 3.60. The van der Waals surface area contributed by atoms with Gasteiger partial charge in [-0.3, -0.25) is 4.68 Å². The van der Waals surface area contributed by atoms with Crippen molar-refractivity contribution in [2.45, 2.75) is 0 Å². The fourth-order valence-corrected chi connectivity index (χ4v) is 0.536. The van der Waals surface area contributed by atoms with E-state index in [1.807, 2.05) is 31.4 Å². The van der Waals surface area contributed by atoms with E-state index < -0.39 is 0 Å². The third-order valence-corrected chi connectivity index (χ3v) is 0.961. The van der Waals surface area contributed by atoms with E-state index in [1.165, 1.54) is 0 Å². The first kappa shape index (κ1) is 4.01. The predicted molar refractivity (Wildman–Crippen MR) is 34.5 cm³/mol. The van der Waals surface area contributed by atoms with Crippen molar-refractivity contribution >= 4 is 0 Å². The maximum atomic E-state index is 7.30. The number of rotatable bonds is 1. The molecule has 0 bridgehead atoms. The van der Waals surface area contributed by atoms with Gasteiger partial charge in [0.05, 0.1) is 1.37 Å². The van der Waals surface area contributed by atoms with E-state index in [9.17, 15) is 0 Å². The van der Waals surface area contributed by atoms with Crippen LogP contribution in [0.25, 0.3) is 0 Å². The number of hydrogen-bond donors (Lipinski definition) is 0. The Hall–Kier alpha value is -0.920. The highest BCUT2D eigenvalue weighted by Gasteiger charge is 1.83. The molecular formula is C6H10N2. The summed E-state index contributed by atoms with van der Waals surface area (Å²) in [5.74, 6) is 0. The van der Waals surface area contributed by atoms with Gasteiger partial charge in [-0.15, -0.1) is 0 Å². The first-order valence-electron chi connectivity index (χ1n) is 3.03. The molecule has 0 N–H and O–H groups in total. The molecule has 0 amide bonds. The molecule has 8 heavy (non-hydrogen) atoms. The average molecular weight is 111 g/mol. The first-order chi connectivity index (χ1) is 4.22. The van der Waals surface area contributed by atoms with E-state index in [4.69, 9.17) is 1.37 Å². The molecule has 0 saturated carbocycles. The van der Waals surface area contributed by atoms with E-state index in [1.54, 1.807) is 10.7 Å². The quantitative estimate of drug-likeness (QED) is 0.517. The van der Waals surface area contributed by atoms with Gasteiger partial charge in [0.25, 0.3) is 0 Å². The van der Waals surface area contributed by atoms with E-state index in [0.717, 1.165) is 0 Å². The Morgan fingerprint density at radius 3 is 2.50 bits per heavy atom. The molecule has 0 aromatic carbocycles. The zero-order valence-electron chi connectivity index (χ0n) is 6.13. The third kappa shape index (κ3) is 0.832. The van der Waals surface area contributed by atoms with Gasteiger partial charge in [0.2, 0.25) is 0 Å². The summed E-state index contributed by atoms with van der Waals surface area (Å²) in [5.41, 5.74) is 0. The van der Waals surface area contributed by atoms with Crippen LogP contribution < -0.4 is 5.01 Å². The van der Waals surface area contributed by atoms with Crippen LogP contribution in [0.1, 0.15) is 1.37 Å². The molecule has 0 atom stereocenters. The number of nitrogens with zero attached hydrogens (tertiary/aromatic N) is 2. The lowest BCUT2D eigenvalue weighted by Crippen LogP contribution is -2.22. The Morgan fingerprint density at radius 2 is 2.25 bits per heavy atom. The third-order valence-electron chi connectivity index (χ3n) is 0.961. The molecule has 0 aliphatic carbocycles. The smallest absolute Gasteiger partial charge is 0.0839 e. The summed E-state index contributed by atoms with van der Waals surface area (Å²) in [6.07, 6.45) is 2.36. The van der Waals surface area contributed by atoms with Crippen LogP contribution in [0.2, 0.25) is 0 Å². The summed E-state index contributed by atoms with van der Waals surface area (Å²) < 4.78 is 9.05. The van der Waals surface area contributed by atoms with Crippen molar-refractivity contribution < 1.29 is 1.37 Å². The van der Waals surface area contributed by atoms with E-state index in [0.29, 0.717) is 6.17 Å². The molecule has 0 aliphatic heterocycles. The van der Waals surface area contributed by atoms with Crippen molar-refractivity contribution in [3.8, 4) is 0 Å². The van der Waals surface area contributed by atoms with Crippen molar-refractivity contribution in [2.24, 2.45) is 0 Å². The predicted octanol–water partition coefficient (Wildman–Crippen LogP) is 0.686.